The molecule has 1 aliphatic rings. The van der Waals surface area contributed by atoms with Gasteiger partial charge in [0, 0.05) is 31.6 Å². The van der Waals surface area contributed by atoms with Gasteiger partial charge in [0.25, 0.3) is 0 Å². The molecule has 2 heterocycles. The second kappa shape index (κ2) is 6.26. The van der Waals surface area contributed by atoms with Crippen molar-refractivity contribution in [3.05, 3.63) is 41.7 Å². The Bertz CT molecular complexity index is 565. The molecule has 5 heteroatoms. The molecule has 112 valence electrons. The van der Waals surface area contributed by atoms with Gasteiger partial charge in [-0.2, -0.15) is 4.98 Å². The highest BCUT2D eigenvalue weighted by molar-refractivity contribution is 5.33. The molecule has 3 rings (SSSR count). The molecule has 1 unspecified atom stereocenters. The average Bonchev–Trinajstić information content (AvgIpc) is 2.99. The quantitative estimate of drug-likeness (QED) is 0.903. The summed E-state index contributed by atoms with van der Waals surface area (Å²) in [5, 5.41) is 11.0. The molecule has 0 bridgehead atoms. The van der Waals surface area contributed by atoms with Crippen LogP contribution in [-0.4, -0.2) is 40.9 Å². The Kier molecular flexibility index (Phi) is 4.20. The molecule has 0 aliphatic carbocycles. The third-order valence-corrected chi connectivity index (χ3v) is 4.08. The average molecular weight is 285 g/mol. The number of H-pyrrole nitrogens is 1. The van der Waals surface area contributed by atoms with Crippen LogP contribution in [0, 0.1) is 0 Å². The van der Waals surface area contributed by atoms with E-state index >= 15 is 0 Å². The van der Waals surface area contributed by atoms with Gasteiger partial charge in [-0.1, -0.05) is 37.3 Å². The Hall–Kier alpha value is -1.88. The highest BCUT2D eigenvalue weighted by Gasteiger charge is 2.22. The molecule has 1 saturated heterocycles. The number of piperazine rings is 1. The summed E-state index contributed by atoms with van der Waals surface area (Å²) in [6, 6.07) is 11.0. The lowest BCUT2D eigenvalue weighted by atomic mass is 9.96. The molecule has 2 aromatic rings. The minimum Gasteiger partial charge on any atom is -0.337 e. The minimum atomic E-state index is 0.285. The Morgan fingerprint density at radius 1 is 1.33 bits per heavy atom. The van der Waals surface area contributed by atoms with Crippen molar-refractivity contribution in [3.8, 4) is 0 Å². The molecule has 21 heavy (non-hydrogen) atoms. The molecule has 1 aromatic heterocycles. The van der Waals surface area contributed by atoms with Crippen molar-refractivity contribution in [2.45, 2.75) is 32.2 Å². The van der Waals surface area contributed by atoms with E-state index in [9.17, 15) is 0 Å². The summed E-state index contributed by atoms with van der Waals surface area (Å²) in [6.07, 6.45) is 1.01. The van der Waals surface area contributed by atoms with Gasteiger partial charge in [0.1, 0.15) is 5.82 Å². The van der Waals surface area contributed by atoms with Crippen molar-refractivity contribution in [1.29, 1.82) is 0 Å². The maximum atomic E-state index is 4.75. The monoisotopic (exact) mass is 285 g/mol. The summed E-state index contributed by atoms with van der Waals surface area (Å²) in [5.74, 6) is 2.07. The van der Waals surface area contributed by atoms with Crippen molar-refractivity contribution in [1.82, 2.24) is 20.5 Å². The molecule has 1 aliphatic heterocycles. The Morgan fingerprint density at radius 3 is 2.86 bits per heavy atom. The van der Waals surface area contributed by atoms with Gasteiger partial charge in [-0.05, 0) is 18.9 Å². The van der Waals surface area contributed by atoms with E-state index in [0.717, 1.165) is 37.8 Å². The second-order valence-electron chi connectivity index (χ2n) is 5.69. The van der Waals surface area contributed by atoms with Gasteiger partial charge in [0.05, 0.1) is 0 Å². The van der Waals surface area contributed by atoms with E-state index in [1.165, 1.54) is 5.56 Å². The number of aromatic amines is 1. The van der Waals surface area contributed by atoms with Crippen molar-refractivity contribution in [2.75, 3.05) is 24.5 Å². The third-order valence-electron chi connectivity index (χ3n) is 4.08. The number of aromatic nitrogens is 3. The lowest BCUT2D eigenvalue weighted by Crippen LogP contribution is -2.49. The number of rotatable bonds is 4. The van der Waals surface area contributed by atoms with E-state index in [2.05, 4.69) is 58.5 Å². The fourth-order valence-electron chi connectivity index (χ4n) is 2.95. The molecule has 0 amide bonds. The van der Waals surface area contributed by atoms with Crippen LogP contribution in [0.4, 0.5) is 5.95 Å². The van der Waals surface area contributed by atoms with Gasteiger partial charge >= 0.3 is 0 Å². The van der Waals surface area contributed by atoms with Gasteiger partial charge in [-0.25, -0.2) is 0 Å². The SMILES string of the molecule is CCC(c1ccccc1)c1nc(N2CCN[C@@H](C)C2)n[nH]1. The van der Waals surface area contributed by atoms with E-state index in [1.807, 2.05) is 6.07 Å². The summed E-state index contributed by atoms with van der Waals surface area (Å²) < 4.78 is 0. The van der Waals surface area contributed by atoms with Crippen LogP contribution in [0.25, 0.3) is 0 Å². The largest absolute Gasteiger partial charge is 0.337 e. The highest BCUT2D eigenvalue weighted by atomic mass is 15.4. The second-order valence-corrected chi connectivity index (χ2v) is 5.69. The van der Waals surface area contributed by atoms with E-state index in [0.29, 0.717) is 6.04 Å². The van der Waals surface area contributed by atoms with E-state index < -0.39 is 0 Å². The Labute approximate surface area is 125 Å². The van der Waals surface area contributed by atoms with Crippen LogP contribution in [0.3, 0.4) is 0 Å². The molecular weight excluding hydrogens is 262 g/mol. The minimum absolute atomic E-state index is 0.285. The Balaban J connectivity index is 1.80. The summed E-state index contributed by atoms with van der Waals surface area (Å²) in [5.41, 5.74) is 1.29. The first-order valence-corrected chi connectivity index (χ1v) is 7.73. The maximum Gasteiger partial charge on any atom is 0.244 e. The zero-order chi connectivity index (χ0) is 14.7. The van der Waals surface area contributed by atoms with Crippen molar-refractivity contribution >= 4 is 5.95 Å². The van der Waals surface area contributed by atoms with Crippen LogP contribution in [0.15, 0.2) is 30.3 Å². The van der Waals surface area contributed by atoms with E-state index in [-0.39, 0.29) is 5.92 Å². The van der Waals surface area contributed by atoms with Gasteiger partial charge < -0.3 is 10.2 Å². The van der Waals surface area contributed by atoms with Crippen LogP contribution >= 0.6 is 0 Å². The zero-order valence-corrected chi connectivity index (χ0v) is 12.7. The molecule has 1 fully saturated rings. The summed E-state index contributed by atoms with van der Waals surface area (Å²) in [4.78, 5) is 7.00. The number of hydrogen-bond donors (Lipinski definition) is 2. The normalized spacial score (nSPS) is 20.5. The number of anilines is 1. The zero-order valence-electron chi connectivity index (χ0n) is 12.7. The van der Waals surface area contributed by atoms with E-state index in [1.54, 1.807) is 0 Å². The van der Waals surface area contributed by atoms with Crippen molar-refractivity contribution in [2.24, 2.45) is 0 Å². The van der Waals surface area contributed by atoms with Crippen LogP contribution in [0.5, 0.6) is 0 Å². The fraction of sp³-hybridized carbons (Fsp3) is 0.500. The summed E-state index contributed by atoms with van der Waals surface area (Å²) in [6.45, 7) is 7.29. The van der Waals surface area contributed by atoms with Crippen LogP contribution in [0.1, 0.15) is 37.6 Å². The van der Waals surface area contributed by atoms with Crippen LogP contribution < -0.4 is 10.2 Å². The van der Waals surface area contributed by atoms with Crippen LogP contribution in [0.2, 0.25) is 0 Å². The standard InChI is InChI=1S/C16H23N5/c1-3-14(13-7-5-4-6-8-13)15-18-16(20-19-15)21-10-9-17-12(2)11-21/h4-8,12,14,17H,3,9-11H2,1-2H3,(H,18,19,20)/t12-,14?/m0/s1. The molecule has 0 radical (unpaired) electrons. The molecule has 2 atom stereocenters. The van der Waals surface area contributed by atoms with Crippen molar-refractivity contribution in [3.63, 3.8) is 0 Å². The number of nitrogens with one attached hydrogen (secondary N) is 2. The molecule has 0 spiro atoms. The predicted octanol–water partition coefficient (Wildman–Crippen LogP) is 2.14. The van der Waals surface area contributed by atoms with Gasteiger partial charge in [-0.3, -0.25) is 5.10 Å². The van der Waals surface area contributed by atoms with Gasteiger partial charge in [0.2, 0.25) is 5.95 Å². The lowest BCUT2D eigenvalue weighted by molar-refractivity contribution is 0.479. The third kappa shape index (κ3) is 3.08. The van der Waals surface area contributed by atoms with Gasteiger partial charge in [-0.15, -0.1) is 5.10 Å². The first kappa shape index (κ1) is 14.1. The first-order valence-electron chi connectivity index (χ1n) is 7.73. The molecule has 0 saturated carbocycles. The van der Waals surface area contributed by atoms with Crippen molar-refractivity contribution < 1.29 is 0 Å². The highest BCUT2D eigenvalue weighted by Crippen LogP contribution is 2.26. The smallest absolute Gasteiger partial charge is 0.244 e. The molecule has 1 aromatic carbocycles. The van der Waals surface area contributed by atoms with Gasteiger partial charge in [0.15, 0.2) is 0 Å². The first-order chi connectivity index (χ1) is 10.3. The fourth-order valence-corrected chi connectivity index (χ4v) is 2.95. The number of benzene rings is 1. The molecule has 2 N–H and O–H groups in total. The molecular formula is C16H23N5. The molecule has 5 nitrogen and oxygen atoms in total. The lowest BCUT2D eigenvalue weighted by Gasteiger charge is -2.30. The van der Waals surface area contributed by atoms with Crippen LogP contribution in [-0.2, 0) is 0 Å². The topological polar surface area (TPSA) is 56.8 Å². The predicted molar refractivity (Wildman–Crippen MR) is 84.6 cm³/mol. The number of nitrogens with zero attached hydrogens (tertiary/aromatic N) is 3. The maximum absolute atomic E-state index is 4.75. The summed E-state index contributed by atoms with van der Waals surface area (Å²) >= 11 is 0. The number of hydrogen-bond acceptors (Lipinski definition) is 4. The Morgan fingerprint density at radius 2 is 2.14 bits per heavy atom. The summed E-state index contributed by atoms with van der Waals surface area (Å²) in [7, 11) is 0. The van der Waals surface area contributed by atoms with E-state index in [4.69, 9.17) is 4.98 Å².